The molecule has 5 nitrogen and oxygen atoms in total. The summed E-state index contributed by atoms with van der Waals surface area (Å²) in [6, 6.07) is 9.16. The molecule has 1 amide bonds. The summed E-state index contributed by atoms with van der Waals surface area (Å²) < 4.78 is 7.54. The largest absolute Gasteiger partial charge is 0.387 e. The fraction of sp³-hybridized carbons (Fsp3) is 0.182. The lowest BCUT2D eigenvalue weighted by atomic mass is 10.1. The molecule has 17 heavy (non-hydrogen) atoms. The van der Waals surface area contributed by atoms with Crippen LogP contribution in [0, 0.1) is 0 Å². The zero-order valence-electron chi connectivity index (χ0n) is 8.91. The summed E-state index contributed by atoms with van der Waals surface area (Å²) >= 11 is 0.975. The van der Waals surface area contributed by atoms with Gasteiger partial charge in [0, 0.05) is 6.54 Å². The molecule has 2 N–H and O–H groups in total. The van der Waals surface area contributed by atoms with Crippen molar-refractivity contribution < 1.29 is 9.90 Å². The van der Waals surface area contributed by atoms with Crippen LogP contribution < -0.4 is 5.32 Å². The fourth-order valence-corrected chi connectivity index (χ4v) is 1.75. The minimum Gasteiger partial charge on any atom is -0.387 e. The number of amides is 1. The van der Waals surface area contributed by atoms with E-state index in [4.69, 9.17) is 0 Å². The summed E-state index contributed by atoms with van der Waals surface area (Å²) in [5.74, 6) is -0.325. The quantitative estimate of drug-likeness (QED) is 0.847. The van der Waals surface area contributed by atoms with Crippen LogP contribution in [-0.2, 0) is 0 Å². The highest BCUT2D eigenvalue weighted by Crippen LogP contribution is 2.10. The first-order chi connectivity index (χ1) is 8.27. The summed E-state index contributed by atoms with van der Waals surface area (Å²) in [5, 5.41) is 12.4. The lowest BCUT2D eigenvalue weighted by Crippen LogP contribution is -2.28. The smallest absolute Gasteiger partial charge is 0.272 e. The number of nitrogens with one attached hydrogen (secondary N) is 1. The number of carbonyl (C=O) groups excluding carboxylic acids is 1. The summed E-state index contributed by atoms with van der Waals surface area (Å²) in [6.07, 6.45) is 0.682. The number of hydrogen-bond donors (Lipinski definition) is 2. The Kier molecular flexibility index (Phi) is 3.79. The molecule has 88 valence electrons. The van der Waals surface area contributed by atoms with Crippen LogP contribution in [0.3, 0.4) is 0 Å². The van der Waals surface area contributed by atoms with E-state index >= 15 is 0 Å². The Morgan fingerprint density at radius 3 is 2.82 bits per heavy atom. The first-order valence-electron chi connectivity index (χ1n) is 5.06. The molecule has 1 atom stereocenters. The van der Waals surface area contributed by atoms with Crippen LogP contribution in [0.15, 0.2) is 36.5 Å². The van der Waals surface area contributed by atoms with E-state index in [9.17, 15) is 9.90 Å². The van der Waals surface area contributed by atoms with E-state index in [0.717, 1.165) is 17.3 Å². The number of rotatable bonds is 4. The minimum atomic E-state index is -0.716. The summed E-state index contributed by atoms with van der Waals surface area (Å²) in [4.78, 5) is 11.5. The van der Waals surface area contributed by atoms with Crippen molar-refractivity contribution in [1.29, 1.82) is 0 Å². The lowest BCUT2D eigenvalue weighted by molar-refractivity contribution is 0.0912. The number of aliphatic hydroxyl groups is 1. The molecule has 1 aromatic heterocycles. The predicted octanol–water partition coefficient (Wildman–Crippen LogP) is 1.00. The number of hydrogen-bond acceptors (Lipinski definition) is 5. The van der Waals surface area contributed by atoms with Gasteiger partial charge in [0.15, 0.2) is 5.69 Å². The molecule has 0 fully saturated rings. The summed E-state index contributed by atoms with van der Waals surface area (Å²) in [6.45, 7) is 0.153. The highest BCUT2D eigenvalue weighted by molar-refractivity contribution is 6.99. The van der Waals surface area contributed by atoms with Gasteiger partial charge in [-0.25, -0.2) is 0 Å². The number of nitrogens with zero attached hydrogens (tertiary/aromatic N) is 2. The summed E-state index contributed by atoms with van der Waals surface area (Å²) in [5.41, 5.74) is 1.04. The molecule has 0 aliphatic heterocycles. The molecular formula is C11H11N3O2S. The second-order valence-electron chi connectivity index (χ2n) is 3.43. The molecule has 2 aromatic rings. The second kappa shape index (κ2) is 5.51. The van der Waals surface area contributed by atoms with E-state index in [2.05, 4.69) is 14.1 Å². The van der Waals surface area contributed by atoms with Gasteiger partial charge in [-0.05, 0) is 5.56 Å². The maximum atomic E-state index is 11.5. The van der Waals surface area contributed by atoms with Gasteiger partial charge in [0.1, 0.15) is 0 Å². The predicted molar refractivity (Wildman–Crippen MR) is 63.6 cm³/mol. The molecule has 2 rings (SSSR count). The first kappa shape index (κ1) is 11.7. The maximum Gasteiger partial charge on any atom is 0.272 e. The van der Waals surface area contributed by atoms with Crippen LogP contribution >= 0.6 is 11.7 Å². The maximum absolute atomic E-state index is 11.5. The van der Waals surface area contributed by atoms with E-state index in [0.29, 0.717) is 0 Å². The molecule has 0 spiro atoms. The Labute approximate surface area is 102 Å². The van der Waals surface area contributed by atoms with E-state index < -0.39 is 6.10 Å². The van der Waals surface area contributed by atoms with Crippen molar-refractivity contribution in [2.24, 2.45) is 0 Å². The van der Waals surface area contributed by atoms with Crippen LogP contribution in [0.4, 0.5) is 0 Å². The van der Waals surface area contributed by atoms with Crippen LogP contribution in [0.25, 0.3) is 0 Å². The van der Waals surface area contributed by atoms with Gasteiger partial charge in [0.05, 0.1) is 24.0 Å². The minimum absolute atomic E-state index is 0.153. The molecule has 1 aromatic carbocycles. The molecule has 1 heterocycles. The highest BCUT2D eigenvalue weighted by atomic mass is 32.1. The van der Waals surface area contributed by atoms with Crippen molar-refractivity contribution in [2.75, 3.05) is 6.54 Å². The SMILES string of the molecule is O=C(NC[C@@H](O)c1ccccc1)c1cnsn1. The molecule has 0 radical (unpaired) electrons. The van der Waals surface area contributed by atoms with Crippen molar-refractivity contribution in [3.8, 4) is 0 Å². The van der Waals surface area contributed by atoms with E-state index in [1.807, 2.05) is 18.2 Å². The number of aliphatic hydroxyl groups excluding tert-OH is 1. The molecule has 6 heteroatoms. The van der Waals surface area contributed by atoms with Crippen LogP contribution in [0.1, 0.15) is 22.2 Å². The molecule has 0 bridgehead atoms. The van der Waals surface area contributed by atoms with Gasteiger partial charge < -0.3 is 10.4 Å². The molecule has 0 unspecified atom stereocenters. The van der Waals surface area contributed by atoms with Gasteiger partial charge in [0.2, 0.25) is 0 Å². The van der Waals surface area contributed by atoms with Gasteiger partial charge in [-0.3, -0.25) is 4.79 Å². The van der Waals surface area contributed by atoms with Crippen molar-refractivity contribution in [1.82, 2.24) is 14.1 Å². The Hall–Kier alpha value is -1.79. The van der Waals surface area contributed by atoms with Gasteiger partial charge >= 0.3 is 0 Å². The van der Waals surface area contributed by atoms with Crippen molar-refractivity contribution >= 4 is 17.6 Å². The van der Waals surface area contributed by atoms with Crippen LogP contribution in [0.2, 0.25) is 0 Å². The van der Waals surface area contributed by atoms with Crippen molar-refractivity contribution in [3.05, 3.63) is 47.8 Å². The Morgan fingerprint density at radius 1 is 1.41 bits per heavy atom. The van der Waals surface area contributed by atoms with Gasteiger partial charge in [-0.2, -0.15) is 8.75 Å². The van der Waals surface area contributed by atoms with Crippen LogP contribution in [-0.4, -0.2) is 26.3 Å². The molecule has 0 aliphatic carbocycles. The average Bonchev–Trinajstić information content (AvgIpc) is 2.90. The third-order valence-electron chi connectivity index (χ3n) is 2.23. The Balaban J connectivity index is 1.89. The fourth-order valence-electron chi connectivity index (χ4n) is 1.34. The van der Waals surface area contributed by atoms with E-state index in [1.165, 1.54) is 6.20 Å². The van der Waals surface area contributed by atoms with E-state index in [-0.39, 0.29) is 18.1 Å². The molecule has 0 saturated heterocycles. The molecule has 0 aliphatic rings. The summed E-state index contributed by atoms with van der Waals surface area (Å²) in [7, 11) is 0. The average molecular weight is 249 g/mol. The number of aromatic nitrogens is 2. The van der Waals surface area contributed by atoms with Gasteiger partial charge in [0.25, 0.3) is 5.91 Å². The first-order valence-corrected chi connectivity index (χ1v) is 5.79. The number of carbonyl (C=O) groups is 1. The zero-order chi connectivity index (χ0) is 12.1. The number of benzene rings is 1. The third kappa shape index (κ3) is 3.08. The highest BCUT2D eigenvalue weighted by Gasteiger charge is 2.11. The molecule has 0 saturated carbocycles. The molecular weight excluding hydrogens is 238 g/mol. The monoisotopic (exact) mass is 249 g/mol. The van der Waals surface area contributed by atoms with Crippen molar-refractivity contribution in [2.45, 2.75) is 6.10 Å². The normalized spacial score (nSPS) is 12.1. The Morgan fingerprint density at radius 2 is 2.18 bits per heavy atom. The lowest BCUT2D eigenvalue weighted by Gasteiger charge is -2.11. The zero-order valence-corrected chi connectivity index (χ0v) is 9.72. The standard InChI is InChI=1S/C11H11N3O2S/c15-10(8-4-2-1-3-5-8)7-12-11(16)9-6-13-17-14-9/h1-6,10,15H,7H2,(H,12,16)/t10-/m1/s1. The van der Waals surface area contributed by atoms with Gasteiger partial charge in [-0.15, -0.1) is 0 Å². The second-order valence-corrected chi connectivity index (χ2v) is 3.99. The Bertz CT molecular complexity index is 473. The van der Waals surface area contributed by atoms with E-state index in [1.54, 1.807) is 12.1 Å². The third-order valence-corrected chi connectivity index (χ3v) is 2.71. The van der Waals surface area contributed by atoms with Gasteiger partial charge in [-0.1, -0.05) is 30.3 Å². The van der Waals surface area contributed by atoms with Crippen LogP contribution in [0.5, 0.6) is 0 Å². The topological polar surface area (TPSA) is 75.1 Å². The van der Waals surface area contributed by atoms with Crippen molar-refractivity contribution in [3.63, 3.8) is 0 Å².